The number of furan rings is 1. The summed E-state index contributed by atoms with van der Waals surface area (Å²) in [7, 11) is 1.51. The van der Waals surface area contributed by atoms with E-state index in [-0.39, 0.29) is 17.9 Å². The number of Topliss-reactive ketones (excluding diaryl/α,β-unsaturated/α-hetero) is 1. The molecular formula is C23H18ClNO5. The zero-order chi connectivity index (χ0) is 21.3. The summed E-state index contributed by atoms with van der Waals surface area (Å²) in [6.07, 6.45) is 1.50. The van der Waals surface area contributed by atoms with Crippen LogP contribution in [0.4, 0.5) is 0 Å². The lowest BCUT2D eigenvalue weighted by molar-refractivity contribution is -0.140. The van der Waals surface area contributed by atoms with Crippen LogP contribution in [0, 0.1) is 0 Å². The average Bonchev–Trinajstić information content (AvgIpc) is 3.36. The van der Waals surface area contributed by atoms with Crippen molar-refractivity contribution in [2.75, 3.05) is 7.11 Å². The summed E-state index contributed by atoms with van der Waals surface area (Å²) in [6.45, 7) is 0.0671. The summed E-state index contributed by atoms with van der Waals surface area (Å²) < 4.78 is 10.9. The Morgan fingerprint density at radius 3 is 2.50 bits per heavy atom. The molecule has 1 N–H and O–H groups in total. The molecule has 2 aromatic carbocycles. The fraction of sp³-hybridized carbons (Fsp3) is 0.130. The van der Waals surface area contributed by atoms with Gasteiger partial charge in [0.05, 0.1) is 31.5 Å². The van der Waals surface area contributed by atoms with Gasteiger partial charge >= 0.3 is 0 Å². The van der Waals surface area contributed by atoms with Crippen LogP contribution in [0.3, 0.4) is 0 Å². The fourth-order valence-corrected chi connectivity index (χ4v) is 3.72. The van der Waals surface area contributed by atoms with E-state index in [0.29, 0.717) is 27.7 Å². The van der Waals surface area contributed by atoms with Crippen LogP contribution in [0.25, 0.3) is 5.76 Å². The maximum Gasteiger partial charge on any atom is 0.296 e. The molecule has 0 radical (unpaired) electrons. The van der Waals surface area contributed by atoms with Gasteiger partial charge in [0, 0.05) is 16.1 Å². The normalized spacial score (nSPS) is 18.1. The van der Waals surface area contributed by atoms with E-state index in [2.05, 4.69) is 0 Å². The SMILES string of the molecule is COc1ccccc1[C@H]1C(=C(O)c2ccc(Cl)cc2)C(=O)C(=O)N1Cc1ccco1. The second-order valence-electron chi connectivity index (χ2n) is 6.76. The number of aliphatic hydroxyl groups is 1. The number of carbonyl (C=O) groups excluding carboxylic acids is 2. The van der Waals surface area contributed by atoms with E-state index in [1.807, 2.05) is 0 Å². The lowest BCUT2D eigenvalue weighted by Crippen LogP contribution is -2.29. The van der Waals surface area contributed by atoms with Gasteiger partial charge in [-0.25, -0.2) is 0 Å². The molecule has 1 aliphatic rings. The smallest absolute Gasteiger partial charge is 0.296 e. The topological polar surface area (TPSA) is 80.0 Å². The van der Waals surface area contributed by atoms with E-state index in [4.69, 9.17) is 20.8 Å². The number of halogens is 1. The number of carbonyl (C=O) groups is 2. The molecule has 7 heteroatoms. The molecule has 0 unspecified atom stereocenters. The van der Waals surface area contributed by atoms with Crippen LogP contribution in [0.5, 0.6) is 5.75 Å². The molecule has 4 rings (SSSR count). The highest BCUT2D eigenvalue weighted by molar-refractivity contribution is 6.46. The van der Waals surface area contributed by atoms with Gasteiger partial charge < -0.3 is 19.2 Å². The molecular weight excluding hydrogens is 406 g/mol. The Labute approximate surface area is 177 Å². The molecule has 2 heterocycles. The third-order valence-electron chi connectivity index (χ3n) is 5.00. The minimum Gasteiger partial charge on any atom is -0.507 e. The number of amides is 1. The maximum absolute atomic E-state index is 13.0. The molecule has 0 saturated carbocycles. The molecule has 0 aliphatic carbocycles. The van der Waals surface area contributed by atoms with Gasteiger partial charge in [-0.3, -0.25) is 9.59 Å². The minimum absolute atomic E-state index is 0.0154. The Morgan fingerprint density at radius 1 is 1.10 bits per heavy atom. The number of para-hydroxylation sites is 1. The Bertz CT molecular complexity index is 1120. The van der Waals surface area contributed by atoms with Gasteiger partial charge in [0.15, 0.2) is 0 Å². The third kappa shape index (κ3) is 3.46. The monoisotopic (exact) mass is 423 g/mol. The fourth-order valence-electron chi connectivity index (χ4n) is 3.59. The van der Waals surface area contributed by atoms with Crippen LogP contribution in [-0.2, 0) is 16.1 Å². The number of ether oxygens (including phenoxy) is 1. The first-order valence-corrected chi connectivity index (χ1v) is 9.58. The van der Waals surface area contributed by atoms with E-state index >= 15 is 0 Å². The highest BCUT2D eigenvalue weighted by Crippen LogP contribution is 2.43. The van der Waals surface area contributed by atoms with E-state index in [1.165, 1.54) is 18.3 Å². The van der Waals surface area contributed by atoms with Crippen LogP contribution >= 0.6 is 11.6 Å². The molecule has 1 fully saturated rings. The van der Waals surface area contributed by atoms with Crippen molar-refractivity contribution in [1.29, 1.82) is 0 Å². The predicted molar refractivity (Wildman–Crippen MR) is 111 cm³/mol. The Kier molecular flexibility index (Phi) is 5.33. The van der Waals surface area contributed by atoms with Crippen molar-refractivity contribution in [2.24, 2.45) is 0 Å². The van der Waals surface area contributed by atoms with E-state index in [9.17, 15) is 14.7 Å². The highest BCUT2D eigenvalue weighted by atomic mass is 35.5. The molecule has 0 spiro atoms. The zero-order valence-electron chi connectivity index (χ0n) is 16.0. The second kappa shape index (κ2) is 8.08. The third-order valence-corrected chi connectivity index (χ3v) is 5.25. The number of nitrogens with zero attached hydrogens (tertiary/aromatic N) is 1. The number of ketones is 1. The first-order valence-electron chi connectivity index (χ1n) is 9.21. The summed E-state index contributed by atoms with van der Waals surface area (Å²) in [4.78, 5) is 27.3. The molecule has 1 saturated heterocycles. The van der Waals surface area contributed by atoms with Gasteiger partial charge in [-0.2, -0.15) is 0 Å². The molecule has 1 amide bonds. The minimum atomic E-state index is -0.845. The molecule has 3 aromatic rings. The first kappa shape index (κ1) is 19.8. The van der Waals surface area contributed by atoms with Gasteiger partial charge in [0.25, 0.3) is 11.7 Å². The molecule has 6 nitrogen and oxygen atoms in total. The summed E-state index contributed by atoms with van der Waals surface area (Å²) in [5, 5.41) is 11.5. The number of aliphatic hydroxyl groups excluding tert-OH is 1. The van der Waals surface area contributed by atoms with Crippen LogP contribution in [-0.4, -0.2) is 28.8 Å². The first-order chi connectivity index (χ1) is 14.5. The van der Waals surface area contributed by atoms with Gasteiger partial charge in [0.2, 0.25) is 0 Å². The van der Waals surface area contributed by atoms with Gasteiger partial charge in [-0.05, 0) is 42.5 Å². The summed E-state index contributed by atoms with van der Waals surface area (Å²) >= 11 is 5.94. The Balaban J connectivity index is 1.90. The van der Waals surface area contributed by atoms with Crippen molar-refractivity contribution in [3.05, 3.63) is 94.4 Å². The number of hydrogen-bond donors (Lipinski definition) is 1. The lowest BCUT2D eigenvalue weighted by Gasteiger charge is -2.25. The molecule has 152 valence electrons. The number of hydrogen-bond acceptors (Lipinski definition) is 5. The number of likely N-dealkylation sites (tertiary alicyclic amines) is 1. The van der Waals surface area contributed by atoms with Gasteiger partial charge in [0.1, 0.15) is 17.3 Å². The lowest BCUT2D eigenvalue weighted by atomic mass is 9.94. The average molecular weight is 424 g/mol. The van der Waals surface area contributed by atoms with Gasteiger partial charge in [-0.15, -0.1) is 0 Å². The van der Waals surface area contributed by atoms with Crippen molar-refractivity contribution in [3.63, 3.8) is 0 Å². The number of benzene rings is 2. The van der Waals surface area contributed by atoms with Crippen molar-refractivity contribution in [3.8, 4) is 5.75 Å². The quantitative estimate of drug-likeness (QED) is 0.369. The Morgan fingerprint density at radius 2 is 1.83 bits per heavy atom. The maximum atomic E-state index is 13.0. The largest absolute Gasteiger partial charge is 0.507 e. The van der Waals surface area contributed by atoms with Crippen LogP contribution in [0.15, 0.2) is 76.9 Å². The van der Waals surface area contributed by atoms with Crippen LogP contribution in [0.1, 0.15) is 22.9 Å². The van der Waals surface area contributed by atoms with E-state index in [0.717, 1.165) is 0 Å². The summed E-state index contributed by atoms with van der Waals surface area (Å²) in [5.41, 5.74) is 0.954. The predicted octanol–water partition coefficient (Wildman–Crippen LogP) is 4.56. The molecule has 30 heavy (non-hydrogen) atoms. The van der Waals surface area contributed by atoms with Crippen molar-refractivity contribution in [1.82, 2.24) is 4.90 Å². The van der Waals surface area contributed by atoms with Crippen molar-refractivity contribution >= 4 is 29.1 Å². The number of methoxy groups -OCH3 is 1. The second-order valence-corrected chi connectivity index (χ2v) is 7.19. The Hall–Kier alpha value is -3.51. The van der Waals surface area contributed by atoms with E-state index in [1.54, 1.807) is 60.7 Å². The number of rotatable bonds is 5. The van der Waals surface area contributed by atoms with Crippen LogP contribution in [0.2, 0.25) is 5.02 Å². The van der Waals surface area contributed by atoms with Gasteiger partial charge in [-0.1, -0.05) is 29.8 Å². The van der Waals surface area contributed by atoms with E-state index < -0.39 is 17.7 Å². The molecule has 0 bridgehead atoms. The molecule has 1 atom stereocenters. The summed E-state index contributed by atoms with van der Waals surface area (Å²) in [5.74, 6) is -0.760. The van der Waals surface area contributed by atoms with Crippen molar-refractivity contribution < 1.29 is 23.8 Å². The zero-order valence-corrected chi connectivity index (χ0v) is 16.8. The molecule has 1 aromatic heterocycles. The van der Waals surface area contributed by atoms with Crippen molar-refractivity contribution in [2.45, 2.75) is 12.6 Å². The molecule has 1 aliphatic heterocycles. The highest BCUT2D eigenvalue weighted by Gasteiger charge is 2.47. The standard InChI is InChI=1S/C23H18ClNO5/c1-29-18-7-3-2-6-17(18)20-19(21(26)14-8-10-15(24)11-9-14)22(27)23(28)25(20)13-16-5-4-12-30-16/h2-12,20,26H,13H2,1H3/t20-/m0/s1. The summed E-state index contributed by atoms with van der Waals surface area (Å²) in [6, 6.07) is 16.1. The van der Waals surface area contributed by atoms with Crippen LogP contribution < -0.4 is 4.74 Å².